The monoisotopic (exact) mass is 301 g/mol. The number of hydrogen-bond acceptors (Lipinski definition) is 2. The maximum absolute atomic E-state index is 6.16. The van der Waals surface area contributed by atoms with Crippen molar-refractivity contribution in [3.63, 3.8) is 0 Å². The summed E-state index contributed by atoms with van der Waals surface area (Å²) in [5.74, 6) is 1.02. The van der Waals surface area contributed by atoms with Gasteiger partial charge in [0.25, 0.3) is 0 Å². The zero-order valence-electron chi connectivity index (χ0n) is 14.0. The second kappa shape index (κ2) is 5.58. The maximum Gasteiger partial charge on any atom is 0.193 e. The van der Waals surface area contributed by atoms with Crippen molar-refractivity contribution in [2.75, 3.05) is 11.9 Å². The van der Waals surface area contributed by atoms with E-state index in [2.05, 4.69) is 51.2 Å². The van der Waals surface area contributed by atoms with Crippen LogP contribution in [0.2, 0.25) is 0 Å². The van der Waals surface area contributed by atoms with Crippen LogP contribution in [0, 0.1) is 25.2 Å². The van der Waals surface area contributed by atoms with Crippen LogP contribution in [0.15, 0.2) is 23.2 Å². The van der Waals surface area contributed by atoms with Crippen LogP contribution in [0.25, 0.3) is 0 Å². The lowest BCUT2D eigenvalue weighted by Crippen LogP contribution is -2.64. The van der Waals surface area contributed by atoms with Crippen LogP contribution in [-0.4, -0.2) is 24.7 Å². The number of ether oxygens (including phenoxy) is 1. The van der Waals surface area contributed by atoms with Gasteiger partial charge in [-0.05, 0) is 49.9 Å². The molecule has 1 saturated carbocycles. The van der Waals surface area contributed by atoms with Gasteiger partial charge in [0, 0.05) is 23.6 Å². The number of fused-ring (bicyclic) bond motifs is 1. The van der Waals surface area contributed by atoms with E-state index in [9.17, 15) is 0 Å². The molecule has 1 saturated heterocycles. The number of benzene rings is 1. The smallest absolute Gasteiger partial charge is 0.193 e. The number of nitrogens with zero attached hydrogens (tertiary/aromatic N) is 1. The first-order valence-electron chi connectivity index (χ1n) is 8.18. The molecule has 22 heavy (non-hydrogen) atoms. The first-order valence-corrected chi connectivity index (χ1v) is 8.18. The second-order valence-electron chi connectivity index (χ2n) is 7.38. The number of nitrogens with one attached hydrogen (secondary N) is 1. The lowest BCUT2D eigenvalue weighted by Gasteiger charge is -2.58. The summed E-state index contributed by atoms with van der Waals surface area (Å²) in [5, 5.41) is 3.24. The zero-order valence-corrected chi connectivity index (χ0v) is 14.0. The van der Waals surface area contributed by atoms with Gasteiger partial charge in [-0.3, -0.25) is 0 Å². The summed E-state index contributed by atoms with van der Waals surface area (Å²) in [4.78, 5) is 4.78. The molecule has 3 N–H and O–H groups in total. The largest absolute Gasteiger partial charge is 0.377 e. The highest BCUT2D eigenvalue weighted by atomic mass is 16.5. The molecule has 0 radical (unpaired) electrons. The van der Waals surface area contributed by atoms with E-state index in [0.29, 0.717) is 18.0 Å². The van der Waals surface area contributed by atoms with Gasteiger partial charge in [-0.2, -0.15) is 0 Å². The number of aryl methyl sites for hydroxylation is 2. The molecule has 0 spiro atoms. The highest BCUT2D eigenvalue weighted by Gasteiger charge is 2.58. The molecule has 3 unspecified atom stereocenters. The molecule has 3 atom stereocenters. The Morgan fingerprint density at radius 1 is 1.27 bits per heavy atom. The quantitative estimate of drug-likeness (QED) is 0.651. The average Bonchev–Trinajstić information content (AvgIpc) is 2.44. The molecular formula is C18H27N3O. The first-order chi connectivity index (χ1) is 10.4. The molecule has 120 valence electrons. The topological polar surface area (TPSA) is 59.6 Å². The summed E-state index contributed by atoms with van der Waals surface area (Å²) in [6, 6.07) is 6.58. The van der Waals surface area contributed by atoms with Gasteiger partial charge in [0.15, 0.2) is 5.96 Å². The molecule has 0 bridgehead atoms. The standard InChI is InChI=1S/C18H27N3O/c1-11-8-12(2)10-13(9-11)20-17(19)21-15-14-6-5-7-22-16(14)18(15,3)4/h8-10,14-16H,5-7H2,1-4H3,(H3,19,20,21). The fourth-order valence-corrected chi connectivity index (χ4v) is 4.13. The van der Waals surface area contributed by atoms with Gasteiger partial charge in [-0.25, -0.2) is 4.99 Å². The minimum absolute atomic E-state index is 0.0694. The summed E-state index contributed by atoms with van der Waals surface area (Å²) in [5.41, 5.74) is 9.68. The highest BCUT2D eigenvalue weighted by molar-refractivity contribution is 5.92. The molecule has 3 rings (SSSR count). The van der Waals surface area contributed by atoms with Crippen LogP contribution >= 0.6 is 0 Å². The summed E-state index contributed by atoms with van der Waals surface area (Å²) >= 11 is 0. The van der Waals surface area contributed by atoms with E-state index in [0.717, 1.165) is 18.7 Å². The number of rotatable bonds is 2. The molecule has 1 heterocycles. The van der Waals surface area contributed by atoms with E-state index in [-0.39, 0.29) is 11.5 Å². The van der Waals surface area contributed by atoms with E-state index in [1.54, 1.807) is 0 Å². The number of guanidine groups is 1. The average molecular weight is 301 g/mol. The molecule has 1 aromatic carbocycles. The van der Waals surface area contributed by atoms with Gasteiger partial charge in [-0.15, -0.1) is 0 Å². The third kappa shape index (κ3) is 2.72. The number of aliphatic imine (C=N–C) groups is 1. The Bertz CT molecular complexity index is 574. The van der Waals surface area contributed by atoms with Crippen molar-refractivity contribution in [1.29, 1.82) is 0 Å². The van der Waals surface area contributed by atoms with Gasteiger partial charge in [0.1, 0.15) is 0 Å². The number of anilines is 1. The summed E-state index contributed by atoms with van der Waals surface area (Å²) in [7, 11) is 0. The minimum atomic E-state index is 0.0694. The lowest BCUT2D eigenvalue weighted by atomic mass is 9.55. The Labute approximate surface area is 133 Å². The van der Waals surface area contributed by atoms with Crippen molar-refractivity contribution in [3.8, 4) is 0 Å². The van der Waals surface area contributed by atoms with Gasteiger partial charge in [0.2, 0.25) is 0 Å². The van der Waals surface area contributed by atoms with Crippen LogP contribution < -0.4 is 11.1 Å². The van der Waals surface area contributed by atoms with Crippen molar-refractivity contribution in [1.82, 2.24) is 0 Å². The first kappa shape index (κ1) is 15.3. The fourth-order valence-electron chi connectivity index (χ4n) is 4.13. The Kier molecular flexibility index (Phi) is 3.89. The molecule has 1 aliphatic carbocycles. The van der Waals surface area contributed by atoms with Crippen molar-refractivity contribution in [3.05, 3.63) is 29.3 Å². The Morgan fingerprint density at radius 2 is 1.95 bits per heavy atom. The second-order valence-corrected chi connectivity index (χ2v) is 7.38. The zero-order chi connectivity index (χ0) is 15.9. The predicted molar refractivity (Wildman–Crippen MR) is 91.2 cm³/mol. The summed E-state index contributed by atoms with van der Waals surface area (Å²) in [6.45, 7) is 9.53. The minimum Gasteiger partial charge on any atom is -0.377 e. The van der Waals surface area contributed by atoms with Gasteiger partial charge in [-0.1, -0.05) is 19.9 Å². The normalized spacial score (nSPS) is 30.4. The van der Waals surface area contributed by atoms with E-state index in [1.165, 1.54) is 17.5 Å². The van der Waals surface area contributed by atoms with Crippen molar-refractivity contribution >= 4 is 11.6 Å². The number of nitrogens with two attached hydrogens (primary N) is 1. The Hall–Kier alpha value is -1.55. The van der Waals surface area contributed by atoms with Crippen LogP contribution in [0.3, 0.4) is 0 Å². The third-order valence-corrected chi connectivity index (χ3v) is 5.04. The lowest BCUT2D eigenvalue weighted by molar-refractivity contribution is -0.182. The molecular weight excluding hydrogens is 274 g/mol. The molecule has 2 fully saturated rings. The predicted octanol–water partition coefficient (Wildman–Crippen LogP) is 3.23. The van der Waals surface area contributed by atoms with Crippen LogP contribution in [0.5, 0.6) is 0 Å². The van der Waals surface area contributed by atoms with Crippen molar-refractivity contribution in [2.45, 2.75) is 52.7 Å². The fraction of sp³-hybridized carbons (Fsp3) is 0.611. The van der Waals surface area contributed by atoms with Crippen LogP contribution in [-0.2, 0) is 4.74 Å². The van der Waals surface area contributed by atoms with Crippen molar-refractivity contribution < 1.29 is 4.74 Å². The van der Waals surface area contributed by atoms with Gasteiger partial charge >= 0.3 is 0 Å². The summed E-state index contributed by atoms with van der Waals surface area (Å²) in [6.07, 6.45) is 2.66. The molecule has 1 aliphatic heterocycles. The highest BCUT2D eigenvalue weighted by Crippen LogP contribution is 2.53. The Morgan fingerprint density at radius 3 is 2.64 bits per heavy atom. The molecule has 0 aromatic heterocycles. The van der Waals surface area contributed by atoms with Crippen LogP contribution in [0.1, 0.15) is 37.8 Å². The van der Waals surface area contributed by atoms with Crippen LogP contribution in [0.4, 0.5) is 5.69 Å². The van der Waals surface area contributed by atoms with Gasteiger partial charge < -0.3 is 15.8 Å². The summed E-state index contributed by atoms with van der Waals surface area (Å²) < 4.78 is 5.92. The molecule has 4 nitrogen and oxygen atoms in total. The Balaban J connectivity index is 1.74. The van der Waals surface area contributed by atoms with Gasteiger partial charge in [0.05, 0.1) is 12.1 Å². The molecule has 0 amide bonds. The number of hydrogen-bond donors (Lipinski definition) is 2. The maximum atomic E-state index is 6.16. The SMILES string of the molecule is Cc1cc(C)cc(NC(N)=NC2C3CCCOC3C2(C)C)c1. The van der Waals surface area contributed by atoms with E-state index >= 15 is 0 Å². The third-order valence-electron chi connectivity index (χ3n) is 5.04. The van der Waals surface area contributed by atoms with Crippen molar-refractivity contribution in [2.24, 2.45) is 22.1 Å². The van der Waals surface area contributed by atoms with E-state index in [4.69, 9.17) is 15.5 Å². The molecule has 1 aromatic rings. The molecule has 2 aliphatic rings. The van der Waals surface area contributed by atoms with E-state index < -0.39 is 0 Å². The van der Waals surface area contributed by atoms with E-state index in [1.807, 2.05) is 0 Å². The molecule has 4 heteroatoms.